The molecule has 1 heterocycles. The predicted molar refractivity (Wildman–Crippen MR) is 97.0 cm³/mol. The summed E-state index contributed by atoms with van der Waals surface area (Å²) in [4.78, 5) is 39.0. The highest BCUT2D eigenvalue weighted by Crippen LogP contribution is 2.60. The molecule has 1 saturated heterocycles. The van der Waals surface area contributed by atoms with Gasteiger partial charge in [0.05, 0.1) is 11.8 Å². The maximum Gasteiger partial charge on any atom is 0.326 e. The second kappa shape index (κ2) is 6.50. The number of benzene rings is 1. The van der Waals surface area contributed by atoms with Crippen molar-refractivity contribution in [3.05, 3.63) is 35.9 Å². The van der Waals surface area contributed by atoms with Crippen molar-refractivity contribution in [2.45, 2.75) is 22.7 Å². The second-order valence-corrected chi connectivity index (χ2v) is 9.03. The number of esters is 1. The first kappa shape index (κ1) is 17.2. The van der Waals surface area contributed by atoms with Crippen molar-refractivity contribution in [3.63, 3.8) is 0 Å². The monoisotopic (exact) mass is 469 g/mol. The Balaban J connectivity index is 1.41. The molecule has 5 nitrogen and oxygen atoms in total. The third-order valence-corrected chi connectivity index (χ3v) is 8.81. The maximum absolute atomic E-state index is 12.7. The van der Waals surface area contributed by atoms with E-state index in [4.69, 9.17) is 4.74 Å². The molecule has 2 aliphatic carbocycles. The van der Waals surface area contributed by atoms with Crippen molar-refractivity contribution in [3.8, 4) is 0 Å². The zero-order chi connectivity index (χ0) is 17.7. The van der Waals surface area contributed by atoms with Gasteiger partial charge >= 0.3 is 5.97 Å². The van der Waals surface area contributed by atoms with Crippen LogP contribution in [0.1, 0.15) is 12.0 Å². The number of imide groups is 1. The van der Waals surface area contributed by atoms with Gasteiger partial charge in [0.15, 0.2) is 0 Å². The number of likely N-dealkylation sites (tertiary alicyclic amines) is 1. The van der Waals surface area contributed by atoms with Crippen LogP contribution in [-0.2, 0) is 25.7 Å². The van der Waals surface area contributed by atoms with Crippen LogP contribution in [0.2, 0.25) is 0 Å². The van der Waals surface area contributed by atoms with Gasteiger partial charge in [0, 0.05) is 9.65 Å². The number of halogens is 2. The Bertz CT molecular complexity index is 693. The molecule has 25 heavy (non-hydrogen) atoms. The van der Waals surface area contributed by atoms with E-state index in [-0.39, 0.29) is 58.3 Å². The van der Waals surface area contributed by atoms with Crippen molar-refractivity contribution in [2.24, 2.45) is 23.7 Å². The number of hydrogen-bond acceptors (Lipinski definition) is 4. The average Bonchev–Trinajstić information content (AvgIpc) is 3.21. The Hall–Kier alpha value is -1.21. The van der Waals surface area contributed by atoms with E-state index < -0.39 is 5.97 Å². The first-order valence-corrected chi connectivity index (χ1v) is 10.1. The van der Waals surface area contributed by atoms with Gasteiger partial charge in [-0.1, -0.05) is 62.2 Å². The number of alkyl halides is 2. The SMILES string of the molecule is O=C(CN1C(=O)[C@@H]2[C@@H]3C[C@H]([C@H](Br)[C@@H]3Br)[C@@H]2C1=O)OCc1ccccc1. The van der Waals surface area contributed by atoms with Crippen molar-refractivity contribution in [2.75, 3.05) is 6.54 Å². The summed E-state index contributed by atoms with van der Waals surface area (Å²) >= 11 is 7.29. The van der Waals surface area contributed by atoms with Gasteiger partial charge in [-0.2, -0.15) is 0 Å². The number of rotatable bonds is 4. The van der Waals surface area contributed by atoms with Crippen LogP contribution in [0.5, 0.6) is 0 Å². The van der Waals surface area contributed by atoms with Crippen LogP contribution < -0.4 is 0 Å². The van der Waals surface area contributed by atoms with Gasteiger partial charge in [-0.25, -0.2) is 0 Å². The first-order chi connectivity index (χ1) is 12.0. The minimum absolute atomic E-state index is 0.140. The van der Waals surface area contributed by atoms with Crippen LogP contribution in [0.3, 0.4) is 0 Å². The number of carbonyl (C=O) groups excluding carboxylic acids is 3. The molecule has 6 atom stereocenters. The molecule has 1 aromatic rings. The topological polar surface area (TPSA) is 63.7 Å². The van der Waals surface area contributed by atoms with Crippen molar-refractivity contribution < 1.29 is 19.1 Å². The quantitative estimate of drug-likeness (QED) is 0.385. The Morgan fingerprint density at radius 1 is 1.04 bits per heavy atom. The molecule has 0 unspecified atom stereocenters. The van der Waals surface area contributed by atoms with E-state index in [0.29, 0.717) is 0 Å². The number of carbonyl (C=O) groups is 3. The van der Waals surface area contributed by atoms with Gasteiger partial charge in [0.1, 0.15) is 13.2 Å². The third kappa shape index (κ3) is 2.76. The van der Waals surface area contributed by atoms with E-state index >= 15 is 0 Å². The molecular weight excluding hydrogens is 454 g/mol. The lowest BCUT2D eigenvalue weighted by molar-refractivity contribution is -0.154. The molecule has 132 valence electrons. The van der Waals surface area contributed by atoms with Crippen LogP contribution in [0.15, 0.2) is 30.3 Å². The first-order valence-electron chi connectivity index (χ1n) is 8.32. The highest BCUT2D eigenvalue weighted by Gasteiger charge is 2.66. The third-order valence-electron chi connectivity index (χ3n) is 5.61. The molecule has 0 spiro atoms. The van der Waals surface area contributed by atoms with Crippen LogP contribution in [0, 0.1) is 23.7 Å². The zero-order valence-electron chi connectivity index (χ0n) is 13.3. The molecule has 1 aliphatic heterocycles. The summed E-state index contributed by atoms with van der Waals surface area (Å²) in [5, 5.41) is 0. The number of hydrogen-bond donors (Lipinski definition) is 0. The fourth-order valence-electron chi connectivity index (χ4n) is 4.48. The lowest BCUT2D eigenvalue weighted by Crippen LogP contribution is -2.38. The van der Waals surface area contributed by atoms with E-state index in [2.05, 4.69) is 31.9 Å². The molecule has 2 amide bonds. The highest BCUT2D eigenvalue weighted by molar-refractivity contribution is 9.12. The van der Waals surface area contributed by atoms with Crippen LogP contribution in [0.25, 0.3) is 0 Å². The van der Waals surface area contributed by atoms with Crippen LogP contribution in [-0.4, -0.2) is 38.9 Å². The number of amides is 2. The minimum atomic E-state index is -0.552. The smallest absolute Gasteiger partial charge is 0.326 e. The molecule has 0 radical (unpaired) electrons. The Kier molecular flexibility index (Phi) is 4.48. The second-order valence-electron chi connectivity index (χ2n) is 6.91. The summed E-state index contributed by atoms with van der Waals surface area (Å²) in [6, 6.07) is 9.32. The highest BCUT2D eigenvalue weighted by atomic mass is 79.9. The predicted octanol–water partition coefficient (Wildman–Crippen LogP) is 2.51. The lowest BCUT2D eigenvalue weighted by Gasteiger charge is -2.28. The van der Waals surface area contributed by atoms with Gasteiger partial charge in [-0.15, -0.1) is 0 Å². The van der Waals surface area contributed by atoms with E-state index in [1.165, 1.54) is 0 Å². The summed E-state index contributed by atoms with van der Waals surface area (Å²) in [7, 11) is 0. The van der Waals surface area contributed by atoms with Crippen LogP contribution in [0.4, 0.5) is 0 Å². The standard InChI is InChI=1S/C18H17Br2NO4/c19-15-10-6-11(16(15)20)14-13(10)17(23)21(18(14)24)7-12(22)25-8-9-4-2-1-3-5-9/h1-5,10-11,13-16H,6-8H2/t10-,11-,13-,14+,15-,16+/m0/s1. The summed E-state index contributed by atoms with van der Waals surface area (Å²) in [6.07, 6.45) is 0.880. The molecule has 3 fully saturated rings. The van der Waals surface area contributed by atoms with E-state index in [9.17, 15) is 14.4 Å². The van der Waals surface area contributed by atoms with Gasteiger partial charge in [0.25, 0.3) is 0 Å². The van der Waals surface area contributed by atoms with E-state index in [1.54, 1.807) is 0 Å². The zero-order valence-corrected chi connectivity index (χ0v) is 16.5. The van der Waals surface area contributed by atoms with Crippen molar-refractivity contribution in [1.29, 1.82) is 0 Å². The molecule has 0 N–H and O–H groups in total. The van der Waals surface area contributed by atoms with Gasteiger partial charge < -0.3 is 4.74 Å². The molecule has 2 saturated carbocycles. The molecule has 3 aliphatic rings. The molecule has 0 aromatic heterocycles. The number of ether oxygens (including phenoxy) is 1. The summed E-state index contributed by atoms with van der Waals surface area (Å²) in [5.41, 5.74) is 0.870. The normalized spacial score (nSPS) is 36.0. The largest absolute Gasteiger partial charge is 0.459 e. The molecular formula is C18H17Br2NO4. The summed E-state index contributed by atoms with van der Waals surface area (Å²) in [6.45, 7) is -0.155. The summed E-state index contributed by atoms with van der Waals surface area (Å²) < 4.78 is 5.22. The molecule has 4 rings (SSSR count). The lowest BCUT2D eigenvalue weighted by atomic mass is 9.81. The van der Waals surface area contributed by atoms with Gasteiger partial charge in [-0.3, -0.25) is 19.3 Å². The summed E-state index contributed by atoms with van der Waals surface area (Å²) in [5.74, 6) is -1.27. The molecule has 2 bridgehead atoms. The fourth-order valence-corrected chi connectivity index (χ4v) is 6.35. The van der Waals surface area contributed by atoms with E-state index in [1.807, 2.05) is 30.3 Å². The van der Waals surface area contributed by atoms with Gasteiger partial charge in [-0.05, 0) is 23.8 Å². The molecule has 1 aromatic carbocycles. The van der Waals surface area contributed by atoms with E-state index in [0.717, 1.165) is 16.9 Å². The fraction of sp³-hybridized carbons (Fsp3) is 0.500. The molecule has 7 heteroatoms. The number of fused-ring (bicyclic) bond motifs is 5. The van der Waals surface area contributed by atoms with Gasteiger partial charge in [0.2, 0.25) is 11.8 Å². The van der Waals surface area contributed by atoms with Crippen molar-refractivity contribution >= 4 is 49.6 Å². The average molecular weight is 471 g/mol. The minimum Gasteiger partial charge on any atom is -0.459 e. The maximum atomic E-state index is 12.7. The van der Waals surface area contributed by atoms with Crippen LogP contribution >= 0.6 is 31.9 Å². The number of nitrogens with zero attached hydrogens (tertiary/aromatic N) is 1. The Morgan fingerprint density at radius 3 is 2.16 bits per heavy atom. The Labute approximate surface area is 162 Å². The Morgan fingerprint density at radius 2 is 1.60 bits per heavy atom. The van der Waals surface area contributed by atoms with Crippen molar-refractivity contribution in [1.82, 2.24) is 4.90 Å².